The van der Waals surface area contributed by atoms with Crippen LogP contribution >= 0.6 is 11.3 Å². The van der Waals surface area contributed by atoms with Crippen LogP contribution in [0.5, 0.6) is 0 Å². The van der Waals surface area contributed by atoms with Crippen LogP contribution in [0, 0.1) is 0 Å². The molecule has 2 fully saturated rings. The van der Waals surface area contributed by atoms with Crippen LogP contribution in [-0.4, -0.2) is 54.0 Å². The number of nitrogens with one attached hydrogen (secondary N) is 1. The zero-order valence-electron chi connectivity index (χ0n) is 14.8. The van der Waals surface area contributed by atoms with Gasteiger partial charge in [-0.25, -0.2) is 4.98 Å². The summed E-state index contributed by atoms with van der Waals surface area (Å²) in [5.41, 5.74) is 1.03. The molecule has 1 aromatic heterocycles. The molecule has 0 bridgehead atoms. The molecule has 2 aliphatic rings. The van der Waals surface area contributed by atoms with Gasteiger partial charge in [0, 0.05) is 50.4 Å². The van der Waals surface area contributed by atoms with Crippen molar-refractivity contribution in [3.05, 3.63) is 16.1 Å². The Morgan fingerprint density at radius 1 is 1.40 bits per heavy atom. The fourth-order valence-electron chi connectivity index (χ4n) is 3.43. The van der Waals surface area contributed by atoms with Crippen molar-refractivity contribution in [2.75, 3.05) is 26.2 Å². The Balaban J connectivity index is 1.53. The molecule has 6 nitrogen and oxygen atoms in total. The Bertz CT molecular complexity index is 598. The average molecular weight is 365 g/mol. The molecule has 2 aliphatic heterocycles. The Morgan fingerprint density at radius 2 is 2.28 bits per heavy atom. The number of hydrogen-bond acceptors (Lipinski definition) is 5. The van der Waals surface area contributed by atoms with Crippen molar-refractivity contribution < 1.29 is 14.3 Å². The van der Waals surface area contributed by atoms with E-state index in [0.717, 1.165) is 55.9 Å². The van der Waals surface area contributed by atoms with Crippen molar-refractivity contribution in [1.82, 2.24) is 15.2 Å². The van der Waals surface area contributed by atoms with Gasteiger partial charge in [-0.3, -0.25) is 9.59 Å². The van der Waals surface area contributed by atoms with Crippen LogP contribution in [0.15, 0.2) is 5.38 Å². The Labute approximate surface area is 153 Å². The van der Waals surface area contributed by atoms with Crippen LogP contribution in [0.1, 0.15) is 55.6 Å². The zero-order valence-corrected chi connectivity index (χ0v) is 15.6. The molecule has 0 radical (unpaired) electrons. The number of thiazole rings is 1. The van der Waals surface area contributed by atoms with Gasteiger partial charge >= 0.3 is 0 Å². The third-order valence-electron chi connectivity index (χ3n) is 4.88. The molecule has 138 valence electrons. The zero-order chi connectivity index (χ0) is 17.6. The van der Waals surface area contributed by atoms with E-state index in [1.54, 1.807) is 11.3 Å². The minimum Gasteiger partial charge on any atom is -0.368 e. The monoisotopic (exact) mass is 365 g/mol. The number of piperidine rings is 1. The van der Waals surface area contributed by atoms with Crippen molar-refractivity contribution in [1.29, 1.82) is 0 Å². The number of amides is 2. The maximum absolute atomic E-state index is 12.6. The van der Waals surface area contributed by atoms with Gasteiger partial charge in [0.1, 0.15) is 6.10 Å². The first kappa shape index (κ1) is 18.3. The summed E-state index contributed by atoms with van der Waals surface area (Å²) in [4.78, 5) is 30.6. The fourth-order valence-corrected chi connectivity index (χ4v) is 4.42. The van der Waals surface area contributed by atoms with Crippen molar-refractivity contribution in [3.8, 4) is 0 Å². The third kappa shape index (κ3) is 4.79. The van der Waals surface area contributed by atoms with Crippen molar-refractivity contribution in [2.45, 2.75) is 57.5 Å². The van der Waals surface area contributed by atoms with Crippen molar-refractivity contribution in [3.63, 3.8) is 0 Å². The van der Waals surface area contributed by atoms with Gasteiger partial charge < -0.3 is 15.0 Å². The molecule has 25 heavy (non-hydrogen) atoms. The number of ether oxygens (including phenoxy) is 1. The van der Waals surface area contributed by atoms with E-state index in [1.807, 2.05) is 11.8 Å². The molecule has 3 heterocycles. The predicted octanol–water partition coefficient (Wildman–Crippen LogP) is 2.10. The fraction of sp³-hybridized carbons (Fsp3) is 0.722. The Kier molecular flexibility index (Phi) is 6.42. The number of hydrogen-bond donors (Lipinski definition) is 1. The lowest BCUT2D eigenvalue weighted by Crippen LogP contribution is -2.44. The van der Waals surface area contributed by atoms with E-state index in [1.165, 1.54) is 0 Å². The number of aromatic nitrogens is 1. The molecule has 7 heteroatoms. The number of rotatable bonds is 6. The standard InChI is InChI=1S/C18H27N3O3S/c1-2-16(22)19-8-7-14-12-25-17(20-14)13-5-3-9-21(11-13)18(23)15-6-4-10-24-15/h12-13,15H,2-11H2,1H3,(H,19,22). The van der Waals surface area contributed by atoms with E-state index in [-0.39, 0.29) is 17.9 Å². The van der Waals surface area contributed by atoms with Crippen molar-refractivity contribution in [2.24, 2.45) is 0 Å². The smallest absolute Gasteiger partial charge is 0.251 e. The summed E-state index contributed by atoms with van der Waals surface area (Å²) in [5.74, 6) is 0.551. The van der Waals surface area contributed by atoms with Gasteiger partial charge in [-0.2, -0.15) is 0 Å². The second-order valence-electron chi connectivity index (χ2n) is 6.76. The van der Waals surface area contributed by atoms with Gasteiger partial charge in [0.25, 0.3) is 5.91 Å². The van der Waals surface area contributed by atoms with Crippen LogP contribution in [0.2, 0.25) is 0 Å². The van der Waals surface area contributed by atoms with E-state index in [4.69, 9.17) is 9.72 Å². The molecule has 0 spiro atoms. The highest BCUT2D eigenvalue weighted by molar-refractivity contribution is 7.09. The van der Waals surface area contributed by atoms with Crippen LogP contribution in [0.3, 0.4) is 0 Å². The third-order valence-corrected chi connectivity index (χ3v) is 5.94. The average Bonchev–Trinajstić information content (AvgIpc) is 3.33. The highest BCUT2D eigenvalue weighted by Crippen LogP contribution is 2.30. The summed E-state index contributed by atoms with van der Waals surface area (Å²) in [6.45, 7) is 4.76. The van der Waals surface area contributed by atoms with Crippen LogP contribution in [-0.2, 0) is 20.7 Å². The molecule has 0 aromatic carbocycles. The maximum Gasteiger partial charge on any atom is 0.251 e. The van der Waals surface area contributed by atoms with Gasteiger partial charge in [-0.05, 0) is 25.7 Å². The quantitative estimate of drug-likeness (QED) is 0.838. The second-order valence-corrected chi connectivity index (χ2v) is 7.65. The minimum atomic E-state index is -0.229. The first-order valence-electron chi connectivity index (χ1n) is 9.28. The second kappa shape index (κ2) is 8.76. The molecule has 2 atom stereocenters. The van der Waals surface area contributed by atoms with E-state index in [9.17, 15) is 9.59 Å². The summed E-state index contributed by atoms with van der Waals surface area (Å²) >= 11 is 1.67. The molecular formula is C18H27N3O3S. The number of likely N-dealkylation sites (tertiary alicyclic amines) is 1. The number of nitrogens with zero attached hydrogens (tertiary/aromatic N) is 2. The Morgan fingerprint density at radius 3 is 3.04 bits per heavy atom. The molecule has 0 aliphatic carbocycles. The number of carbonyl (C=O) groups excluding carboxylic acids is 2. The van der Waals surface area contributed by atoms with E-state index < -0.39 is 0 Å². The maximum atomic E-state index is 12.6. The van der Waals surface area contributed by atoms with E-state index in [2.05, 4.69) is 10.7 Å². The predicted molar refractivity (Wildman–Crippen MR) is 96.6 cm³/mol. The minimum absolute atomic E-state index is 0.0750. The van der Waals surface area contributed by atoms with E-state index >= 15 is 0 Å². The van der Waals surface area contributed by atoms with Crippen molar-refractivity contribution >= 4 is 23.2 Å². The SMILES string of the molecule is CCC(=O)NCCc1csc(C2CCCN(C(=O)C3CCCO3)C2)n1. The molecule has 2 amide bonds. The molecule has 0 saturated carbocycles. The van der Waals surface area contributed by atoms with Gasteiger partial charge in [-0.1, -0.05) is 6.92 Å². The molecule has 3 rings (SSSR count). The van der Waals surface area contributed by atoms with Gasteiger partial charge in [0.05, 0.1) is 10.7 Å². The molecule has 2 saturated heterocycles. The lowest BCUT2D eigenvalue weighted by molar-refractivity contribution is -0.142. The normalized spacial score (nSPS) is 23.6. The number of carbonyl (C=O) groups is 2. The van der Waals surface area contributed by atoms with Crippen LogP contribution in [0.25, 0.3) is 0 Å². The topological polar surface area (TPSA) is 71.5 Å². The molecule has 1 N–H and O–H groups in total. The first-order valence-corrected chi connectivity index (χ1v) is 10.2. The lowest BCUT2D eigenvalue weighted by Gasteiger charge is -2.33. The van der Waals surface area contributed by atoms with Gasteiger partial charge in [-0.15, -0.1) is 11.3 Å². The summed E-state index contributed by atoms with van der Waals surface area (Å²) in [6.07, 6.45) is 4.97. The van der Waals surface area contributed by atoms with E-state index in [0.29, 0.717) is 25.5 Å². The molecule has 1 aromatic rings. The van der Waals surface area contributed by atoms with Crippen LogP contribution in [0.4, 0.5) is 0 Å². The lowest BCUT2D eigenvalue weighted by atomic mass is 9.98. The largest absolute Gasteiger partial charge is 0.368 e. The summed E-state index contributed by atoms with van der Waals surface area (Å²) in [5, 5.41) is 6.07. The summed E-state index contributed by atoms with van der Waals surface area (Å²) in [6, 6.07) is 0. The first-order chi connectivity index (χ1) is 12.2. The summed E-state index contributed by atoms with van der Waals surface area (Å²) in [7, 11) is 0. The molecule has 2 unspecified atom stereocenters. The molecular weight excluding hydrogens is 338 g/mol. The summed E-state index contributed by atoms with van der Waals surface area (Å²) < 4.78 is 5.55. The van der Waals surface area contributed by atoms with Gasteiger partial charge in [0.2, 0.25) is 5.91 Å². The highest BCUT2D eigenvalue weighted by atomic mass is 32.1. The highest BCUT2D eigenvalue weighted by Gasteiger charge is 2.32. The van der Waals surface area contributed by atoms with Crippen LogP contribution < -0.4 is 5.32 Å². The van der Waals surface area contributed by atoms with Gasteiger partial charge in [0.15, 0.2) is 0 Å². The Hall–Kier alpha value is -1.47.